The molecule has 2 atom stereocenters. The molecule has 2 unspecified atom stereocenters. The summed E-state index contributed by atoms with van der Waals surface area (Å²) >= 11 is 0. The summed E-state index contributed by atoms with van der Waals surface area (Å²) in [7, 11) is 0. The van der Waals surface area contributed by atoms with E-state index in [1.54, 1.807) is 6.08 Å². The Kier molecular flexibility index (Phi) is 3.93. The lowest BCUT2D eigenvalue weighted by Gasteiger charge is -2.21. The van der Waals surface area contributed by atoms with Crippen molar-refractivity contribution < 1.29 is 9.90 Å². The molecule has 1 saturated heterocycles. The Bertz CT molecular complexity index is 497. The Morgan fingerprint density at radius 2 is 1.95 bits per heavy atom. The van der Waals surface area contributed by atoms with Crippen LogP contribution in [0.2, 0.25) is 0 Å². The summed E-state index contributed by atoms with van der Waals surface area (Å²) in [5.74, 6) is 0.450. The summed E-state index contributed by atoms with van der Waals surface area (Å²) in [5, 5.41) is 8.78. The molecule has 3 heteroatoms. The van der Waals surface area contributed by atoms with Gasteiger partial charge in [0.2, 0.25) is 0 Å². The van der Waals surface area contributed by atoms with Crippen molar-refractivity contribution in [3.63, 3.8) is 0 Å². The minimum absolute atomic E-state index is 0.678. The van der Waals surface area contributed by atoms with Crippen LogP contribution in [0.25, 0.3) is 6.08 Å². The van der Waals surface area contributed by atoms with Gasteiger partial charge in [0, 0.05) is 24.9 Å². The molecule has 1 aliphatic heterocycles. The van der Waals surface area contributed by atoms with Crippen molar-refractivity contribution in [1.82, 2.24) is 0 Å². The number of aliphatic carboxylic acids is 1. The van der Waals surface area contributed by atoms with Crippen molar-refractivity contribution in [1.29, 1.82) is 0 Å². The van der Waals surface area contributed by atoms with E-state index in [1.165, 1.54) is 6.08 Å². The molecule has 1 fully saturated rings. The number of aryl methyl sites for hydroxylation is 1. The molecule has 2 rings (SSSR count). The van der Waals surface area contributed by atoms with Gasteiger partial charge < -0.3 is 10.0 Å². The van der Waals surface area contributed by atoms with Crippen LogP contribution in [0.5, 0.6) is 0 Å². The van der Waals surface area contributed by atoms with E-state index >= 15 is 0 Å². The van der Waals surface area contributed by atoms with E-state index in [9.17, 15) is 4.79 Å². The van der Waals surface area contributed by atoms with Crippen LogP contribution in [0.3, 0.4) is 0 Å². The van der Waals surface area contributed by atoms with Gasteiger partial charge in [0.25, 0.3) is 0 Å². The largest absolute Gasteiger partial charge is 0.478 e. The van der Waals surface area contributed by atoms with Gasteiger partial charge in [-0.05, 0) is 42.5 Å². The van der Waals surface area contributed by atoms with Crippen LogP contribution in [0.1, 0.15) is 25.0 Å². The third-order valence-corrected chi connectivity index (χ3v) is 3.92. The summed E-state index contributed by atoms with van der Waals surface area (Å²) in [4.78, 5) is 13.1. The third kappa shape index (κ3) is 3.16. The van der Waals surface area contributed by atoms with E-state index in [1.807, 2.05) is 13.0 Å². The van der Waals surface area contributed by atoms with Gasteiger partial charge in [0.15, 0.2) is 0 Å². The molecule has 3 nitrogen and oxygen atoms in total. The second-order valence-corrected chi connectivity index (χ2v) is 5.59. The fourth-order valence-corrected chi connectivity index (χ4v) is 2.58. The van der Waals surface area contributed by atoms with E-state index < -0.39 is 5.97 Å². The quantitative estimate of drug-likeness (QED) is 0.847. The van der Waals surface area contributed by atoms with E-state index in [-0.39, 0.29) is 0 Å². The van der Waals surface area contributed by atoms with Crippen LogP contribution in [0.4, 0.5) is 5.69 Å². The summed E-state index contributed by atoms with van der Waals surface area (Å²) in [6.45, 7) is 8.64. The van der Waals surface area contributed by atoms with Crippen LogP contribution in [-0.2, 0) is 4.79 Å². The van der Waals surface area contributed by atoms with Crippen LogP contribution >= 0.6 is 0 Å². The lowest BCUT2D eigenvalue weighted by atomic mass is 10.0. The number of hydrogen-bond donors (Lipinski definition) is 1. The van der Waals surface area contributed by atoms with Gasteiger partial charge in [-0.15, -0.1) is 0 Å². The van der Waals surface area contributed by atoms with E-state index in [4.69, 9.17) is 5.11 Å². The molecule has 0 bridgehead atoms. The van der Waals surface area contributed by atoms with E-state index in [0.29, 0.717) is 11.8 Å². The summed E-state index contributed by atoms with van der Waals surface area (Å²) in [6, 6.07) is 6.23. The molecule has 0 spiro atoms. The number of nitrogens with zero attached hydrogens (tertiary/aromatic N) is 1. The first-order valence-electron chi connectivity index (χ1n) is 6.74. The Hall–Kier alpha value is -1.77. The monoisotopic (exact) mass is 259 g/mol. The number of anilines is 1. The van der Waals surface area contributed by atoms with Crippen LogP contribution in [-0.4, -0.2) is 24.2 Å². The Labute approximate surface area is 114 Å². The number of rotatable bonds is 3. The minimum Gasteiger partial charge on any atom is -0.478 e. The lowest BCUT2D eigenvalue weighted by Crippen LogP contribution is -2.20. The average Bonchev–Trinajstić information content (AvgIpc) is 2.67. The maximum absolute atomic E-state index is 10.7. The van der Waals surface area contributed by atoms with Gasteiger partial charge in [-0.1, -0.05) is 25.5 Å². The maximum Gasteiger partial charge on any atom is 0.328 e. The highest BCUT2D eigenvalue weighted by molar-refractivity contribution is 5.87. The first-order chi connectivity index (χ1) is 8.97. The highest BCUT2D eigenvalue weighted by Gasteiger charge is 2.26. The van der Waals surface area contributed by atoms with Gasteiger partial charge >= 0.3 is 5.97 Å². The molecule has 102 valence electrons. The molecule has 0 radical (unpaired) electrons. The minimum atomic E-state index is -0.907. The lowest BCUT2D eigenvalue weighted by molar-refractivity contribution is -0.131. The number of hydrogen-bond acceptors (Lipinski definition) is 2. The number of carbonyl (C=O) groups is 1. The number of carboxylic acids is 1. The van der Waals surface area contributed by atoms with Gasteiger partial charge in [-0.3, -0.25) is 0 Å². The molecule has 1 heterocycles. The van der Waals surface area contributed by atoms with Gasteiger partial charge in [0.1, 0.15) is 0 Å². The topological polar surface area (TPSA) is 40.5 Å². The maximum atomic E-state index is 10.7. The number of carboxylic acid groups (broad SMARTS) is 1. The first-order valence-corrected chi connectivity index (χ1v) is 6.74. The normalized spacial score (nSPS) is 23.2. The molecule has 1 N–H and O–H groups in total. The van der Waals surface area contributed by atoms with Crippen molar-refractivity contribution in [2.75, 3.05) is 18.0 Å². The zero-order chi connectivity index (χ0) is 14.0. The Morgan fingerprint density at radius 1 is 1.32 bits per heavy atom. The molecule has 1 aromatic carbocycles. The summed E-state index contributed by atoms with van der Waals surface area (Å²) in [5.41, 5.74) is 3.28. The van der Waals surface area contributed by atoms with Crippen LogP contribution < -0.4 is 4.90 Å². The van der Waals surface area contributed by atoms with Crippen LogP contribution in [0, 0.1) is 18.8 Å². The summed E-state index contributed by atoms with van der Waals surface area (Å²) < 4.78 is 0. The molecular weight excluding hydrogens is 238 g/mol. The molecule has 1 aliphatic rings. The van der Waals surface area contributed by atoms with Crippen LogP contribution in [0.15, 0.2) is 24.3 Å². The zero-order valence-electron chi connectivity index (χ0n) is 11.8. The zero-order valence-corrected chi connectivity index (χ0v) is 11.8. The average molecular weight is 259 g/mol. The van der Waals surface area contributed by atoms with Gasteiger partial charge in [-0.25, -0.2) is 4.79 Å². The molecule has 0 aliphatic carbocycles. The number of benzene rings is 1. The molecule has 0 saturated carbocycles. The predicted octanol–water partition coefficient (Wildman–Crippen LogP) is 3.19. The molecule has 0 amide bonds. The van der Waals surface area contributed by atoms with Crippen molar-refractivity contribution >= 4 is 17.7 Å². The van der Waals surface area contributed by atoms with Crippen molar-refractivity contribution in [2.45, 2.75) is 20.8 Å². The highest BCUT2D eigenvalue weighted by Crippen LogP contribution is 2.31. The predicted molar refractivity (Wildman–Crippen MR) is 78.4 cm³/mol. The third-order valence-electron chi connectivity index (χ3n) is 3.92. The van der Waals surface area contributed by atoms with Gasteiger partial charge in [0.05, 0.1) is 0 Å². The fourth-order valence-electron chi connectivity index (χ4n) is 2.58. The molecule has 1 aromatic rings. The smallest absolute Gasteiger partial charge is 0.328 e. The highest BCUT2D eigenvalue weighted by atomic mass is 16.4. The SMILES string of the molecule is Cc1ccc(N2CC(C)C(C)C2)c(/C=C/C(=O)O)c1. The molecular formula is C16H21NO2. The standard InChI is InChI=1S/C16H21NO2/c1-11-4-6-15(14(8-11)5-7-16(18)19)17-9-12(2)13(3)10-17/h4-8,12-13H,9-10H2,1-3H3,(H,18,19)/b7-5+. The van der Waals surface area contributed by atoms with Crippen molar-refractivity contribution in [2.24, 2.45) is 11.8 Å². The first kappa shape index (κ1) is 13.7. The molecule has 0 aromatic heterocycles. The Balaban J connectivity index is 2.32. The second-order valence-electron chi connectivity index (χ2n) is 5.59. The van der Waals surface area contributed by atoms with E-state index in [0.717, 1.165) is 29.9 Å². The van der Waals surface area contributed by atoms with Crippen molar-refractivity contribution in [3.05, 3.63) is 35.4 Å². The molecule has 19 heavy (non-hydrogen) atoms. The van der Waals surface area contributed by atoms with Crippen molar-refractivity contribution in [3.8, 4) is 0 Å². The summed E-state index contributed by atoms with van der Waals surface area (Å²) in [6.07, 6.45) is 2.90. The van der Waals surface area contributed by atoms with Gasteiger partial charge in [-0.2, -0.15) is 0 Å². The Morgan fingerprint density at radius 3 is 2.53 bits per heavy atom. The second kappa shape index (κ2) is 5.47. The van der Waals surface area contributed by atoms with E-state index in [2.05, 4.69) is 30.9 Å². The fraction of sp³-hybridized carbons (Fsp3) is 0.438.